The highest BCUT2D eigenvalue weighted by molar-refractivity contribution is 9.10. The maximum Gasteiger partial charge on any atom is 0.266 e. The van der Waals surface area contributed by atoms with Crippen LogP contribution in [0.3, 0.4) is 0 Å². The number of halogens is 3. The summed E-state index contributed by atoms with van der Waals surface area (Å²) in [6.07, 6.45) is 0. The molecule has 0 spiro atoms. The standard InChI is InChI=1S/C16H11BrF2O/c17-12-8-6-11(7-9-12)15(20)14-13(16(14,18)19)10-4-2-1-3-5-10/h1-9,13-14H. The van der Waals surface area contributed by atoms with Gasteiger partial charge in [-0.15, -0.1) is 0 Å². The summed E-state index contributed by atoms with van der Waals surface area (Å²) in [5, 5.41) is 0. The third kappa shape index (κ3) is 2.18. The van der Waals surface area contributed by atoms with E-state index in [4.69, 9.17) is 0 Å². The summed E-state index contributed by atoms with van der Waals surface area (Å²) in [4.78, 5) is 12.2. The van der Waals surface area contributed by atoms with Gasteiger partial charge in [-0.05, 0) is 17.7 Å². The number of alkyl halides is 2. The second kappa shape index (κ2) is 4.77. The monoisotopic (exact) mass is 336 g/mol. The van der Waals surface area contributed by atoms with Crippen LogP contribution < -0.4 is 0 Å². The first kappa shape index (κ1) is 13.4. The minimum Gasteiger partial charge on any atom is -0.294 e. The first-order valence-corrected chi connectivity index (χ1v) is 7.03. The van der Waals surface area contributed by atoms with Gasteiger partial charge in [-0.3, -0.25) is 4.79 Å². The van der Waals surface area contributed by atoms with Crippen molar-refractivity contribution in [3.63, 3.8) is 0 Å². The number of carbonyl (C=O) groups excluding carboxylic acids is 1. The average Bonchev–Trinajstić information content (AvgIpc) is 3.02. The van der Waals surface area contributed by atoms with E-state index in [0.29, 0.717) is 11.1 Å². The first-order chi connectivity index (χ1) is 9.51. The summed E-state index contributed by atoms with van der Waals surface area (Å²) in [5.41, 5.74) is 0.851. The van der Waals surface area contributed by atoms with Gasteiger partial charge in [0.15, 0.2) is 5.78 Å². The molecule has 2 atom stereocenters. The Balaban J connectivity index is 1.88. The molecular formula is C16H11BrF2O. The molecule has 0 N–H and O–H groups in total. The smallest absolute Gasteiger partial charge is 0.266 e. The first-order valence-electron chi connectivity index (χ1n) is 6.24. The maximum atomic E-state index is 13.9. The summed E-state index contributed by atoms with van der Waals surface area (Å²) in [6, 6.07) is 15.0. The molecule has 1 fully saturated rings. The Hall–Kier alpha value is -1.55. The molecule has 0 aromatic heterocycles. The highest BCUT2D eigenvalue weighted by Crippen LogP contribution is 2.62. The zero-order chi connectivity index (χ0) is 14.3. The van der Waals surface area contributed by atoms with Crippen molar-refractivity contribution in [2.24, 2.45) is 5.92 Å². The van der Waals surface area contributed by atoms with Crippen LogP contribution in [0.15, 0.2) is 59.1 Å². The van der Waals surface area contributed by atoms with Gasteiger partial charge in [-0.1, -0.05) is 58.4 Å². The van der Waals surface area contributed by atoms with Gasteiger partial charge in [-0.25, -0.2) is 8.78 Å². The molecule has 0 bridgehead atoms. The van der Waals surface area contributed by atoms with Crippen molar-refractivity contribution in [3.8, 4) is 0 Å². The van der Waals surface area contributed by atoms with Gasteiger partial charge in [0.2, 0.25) is 0 Å². The van der Waals surface area contributed by atoms with E-state index in [1.807, 2.05) is 0 Å². The predicted octanol–water partition coefficient (Wildman–Crippen LogP) is 4.68. The van der Waals surface area contributed by atoms with E-state index in [1.165, 1.54) is 0 Å². The second-order valence-corrected chi connectivity index (χ2v) is 5.83. The number of rotatable bonds is 3. The van der Waals surface area contributed by atoms with E-state index in [0.717, 1.165) is 4.47 Å². The molecule has 0 saturated heterocycles. The summed E-state index contributed by atoms with van der Waals surface area (Å²) in [7, 11) is 0. The molecule has 3 rings (SSSR count). The van der Waals surface area contributed by atoms with Crippen molar-refractivity contribution in [2.75, 3.05) is 0 Å². The summed E-state index contributed by atoms with van der Waals surface area (Å²) in [6.45, 7) is 0. The molecule has 1 nitrogen and oxygen atoms in total. The number of carbonyl (C=O) groups is 1. The van der Waals surface area contributed by atoms with Crippen molar-refractivity contribution in [2.45, 2.75) is 11.8 Å². The fraction of sp³-hybridized carbons (Fsp3) is 0.188. The summed E-state index contributed by atoms with van der Waals surface area (Å²) in [5.74, 6) is -5.69. The molecule has 1 aliphatic carbocycles. The largest absolute Gasteiger partial charge is 0.294 e. The molecule has 1 saturated carbocycles. The summed E-state index contributed by atoms with van der Waals surface area (Å²) >= 11 is 3.26. The molecule has 2 aromatic rings. The van der Waals surface area contributed by atoms with Crippen molar-refractivity contribution in [1.29, 1.82) is 0 Å². The van der Waals surface area contributed by atoms with Crippen LogP contribution in [0.1, 0.15) is 21.8 Å². The van der Waals surface area contributed by atoms with Crippen LogP contribution in [-0.2, 0) is 0 Å². The third-order valence-corrected chi connectivity index (χ3v) is 4.15. The van der Waals surface area contributed by atoms with E-state index >= 15 is 0 Å². The number of benzene rings is 2. The van der Waals surface area contributed by atoms with Crippen molar-refractivity contribution in [1.82, 2.24) is 0 Å². The molecule has 102 valence electrons. The van der Waals surface area contributed by atoms with E-state index in [9.17, 15) is 13.6 Å². The van der Waals surface area contributed by atoms with Gasteiger partial charge in [0.05, 0.1) is 11.8 Å². The second-order valence-electron chi connectivity index (χ2n) is 4.91. The number of ketones is 1. The number of hydrogen-bond acceptors (Lipinski definition) is 1. The van der Waals surface area contributed by atoms with Gasteiger partial charge in [0.1, 0.15) is 0 Å². The van der Waals surface area contributed by atoms with Crippen LogP contribution in [0.25, 0.3) is 0 Å². The van der Waals surface area contributed by atoms with E-state index in [-0.39, 0.29) is 0 Å². The molecular weight excluding hydrogens is 326 g/mol. The Kier molecular flexibility index (Phi) is 3.21. The zero-order valence-corrected chi connectivity index (χ0v) is 12.0. The highest BCUT2D eigenvalue weighted by atomic mass is 79.9. The normalized spacial score (nSPS) is 23.4. The van der Waals surface area contributed by atoms with Crippen LogP contribution in [-0.4, -0.2) is 11.7 Å². The maximum absolute atomic E-state index is 13.9. The van der Waals surface area contributed by atoms with Gasteiger partial charge < -0.3 is 0 Å². The lowest BCUT2D eigenvalue weighted by Crippen LogP contribution is -2.07. The molecule has 2 aromatic carbocycles. The van der Waals surface area contributed by atoms with Crippen LogP contribution in [0.4, 0.5) is 8.78 Å². The molecule has 4 heteroatoms. The lowest BCUT2D eigenvalue weighted by Gasteiger charge is -2.00. The van der Waals surface area contributed by atoms with Crippen molar-refractivity contribution < 1.29 is 13.6 Å². The molecule has 2 unspecified atom stereocenters. The van der Waals surface area contributed by atoms with Crippen LogP contribution in [0, 0.1) is 5.92 Å². The topological polar surface area (TPSA) is 17.1 Å². The van der Waals surface area contributed by atoms with Crippen LogP contribution in [0.5, 0.6) is 0 Å². The Labute approximate surface area is 123 Å². The van der Waals surface area contributed by atoms with Crippen LogP contribution >= 0.6 is 15.9 Å². The molecule has 0 amide bonds. The molecule has 0 heterocycles. The highest BCUT2D eigenvalue weighted by Gasteiger charge is 2.71. The third-order valence-electron chi connectivity index (χ3n) is 3.62. The summed E-state index contributed by atoms with van der Waals surface area (Å²) < 4.78 is 28.7. The van der Waals surface area contributed by atoms with E-state index < -0.39 is 23.5 Å². The lowest BCUT2D eigenvalue weighted by molar-refractivity contribution is 0.0742. The Morgan fingerprint density at radius 2 is 1.60 bits per heavy atom. The molecule has 1 aliphatic rings. The molecule has 0 radical (unpaired) electrons. The predicted molar refractivity (Wildman–Crippen MR) is 76.1 cm³/mol. The zero-order valence-electron chi connectivity index (χ0n) is 10.4. The minimum atomic E-state index is -2.95. The van der Waals surface area contributed by atoms with Gasteiger partial charge in [0, 0.05) is 10.0 Å². The van der Waals surface area contributed by atoms with Gasteiger partial charge in [0.25, 0.3) is 5.92 Å². The SMILES string of the molecule is O=C(c1ccc(Br)cc1)C1C(c2ccccc2)C1(F)F. The molecule has 20 heavy (non-hydrogen) atoms. The fourth-order valence-corrected chi connectivity index (χ4v) is 2.79. The Bertz CT molecular complexity index is 637. The van der Waals surface area contributed by atoms with Gasteiger partial charge >= 0.3 is 0 Å². The molecule has 0 aliphatic heterocycles. The van der Waals surface area contributed by atoms with E-state index in [1.54, 1.807) is 54.6 Å². The number of Topliss-reactive ketones (excluding diaryl/α,β-unsaturated/α-hetero) is 1. The number of hydrogen-bond donors (Lipinski definition) is 0. The van der Waals surface area contributed by atoms with Gasteiger partial charge in [-0.2, -0.15) is 0 Å². The Morgan fingerprint density at radius 3 is 2.20 bits per heavy atom. The Morgan fingerprint density at radius 1 is 1.00 bits per heavy atom. The lowest BCUT2D eigenvalue weighted by atomic mass is 10.0. The average molecular weight is 337 g/mol. The van der Waals surface area contributed by atoms with Crippen molar-refractivity contribution >= 4 is 21.7 Å². The van der Waals surface area contributed by atoms with E-state index in [2.05, 4.69) is 15.9 Å². The quantitative estimate of drug-likeness (QED) is 0.743. The fourth-order valence-electron chi connectivity index (χ4n) is 2.52. The van der Waals surface area contributed by atoms with Crippen molar-refractivity contribution in [3.05, 3.63) is 70.2 Å². The van der Waals surface area contributed by atoms with Crippen LogP contribution in [0.2, 0.25) is 0 Å². The minimum absolute atomic E-state index is 0.330.